The van der Waals surface area contributed by atoms with E-state index in [-0.39, 0.29) is 5.56 Å². The summed E-state index contributed by atoms with van der Waals surface area (Å²) in [5, 5.41) is 7.17. The maximum atomic E-state index is 13.7. The molecule has 3 aromatic rings. The van der Waals surface area contributed by atoms with Crippen LogP contribution in [-0.2, 0) is 13.1 Å². The Morgan fingerprint density at radius 2 is 1.92 bits per heavy atom. The van der Waals surface area contributed by atoms with Crippen LogP contribution in [0.3, 0.4) is 0 Å². The number of rotatable bonds is 5. The predicted molar refractivity (Wildman–Crippen MR) is 90.4 cm³/mol. The maximum absolute atomic E-state index is 13.7. The van der Waals surface area contributed by atoms with Crippen molar-refractivity contribution in [2.24, 2.45) is 0 Å². The van der Waals surface area contributed by atoms with Crippen LogP contribution in [0.1, 0.15) is 21.5 Å². The van der Waals surface area contributed by atoms with Gasteiger partial charge in [0.15, 0.2) is 0 Å². The van der Waals surface area contributed by atoms with E-state index < -0.39 is 11.7 Å². The van der Waals surface area contributed by atoms with Crippen LogP contribution < -0.4 is 5.32 Å². The fourth-order valence-corrected chi connectivity index (χ4v) is 2.46. The lowest BCUT2D eigenvalue weighted by molar-refractivity contribution is 0.0947. The fraction of sp³-hybridized carbons (Fsp3) is 0.111. The molecular weight excluding hydrogens is 329 g/mol. The summed E-state index contributed by atoms with van der Waals surface area (Å²) in [6.07, 6.45) is 3.63. The van der Waals surface area contributed by atoms with Gasteiger partial charge in [-0.2, -0.15) is 5.10 Å². The van der Waals surface area contributed by atoms with E-state index in [9.17, 15) is 9.18 Å². The van der Waals surface area contributed by atoms with Gasteiger partial charge in [0.05, 0.1) is 12.1 Å². The largest absolute Gasteiger partial charge is 0.348 e. The van der Waals surface area contributed by atoms with E-state index in [0.29, 0.717) is 18.1 Å². The normalized spacial score (nSPS) is 10.6. The molecule has 0 saturated heterocycles. The van der Waals surface area contributed by atoms with Gasteiger partial charge in [-0.05, 0) is 35.4 Å². The molecule has 4 nitrogen and oxygen atoms in total. The number of carbonyl (C=O) groups is 1. The van der Waals surface area contributed by atoms with E-state index in [1.54, 1.807) is 6.20 Å². The second-order valence-electron chi connectivity index (χ2n) is 5.33. The molecule has 1 heterocycles. The molecular formula is C18H15ClFN3O. The summed E-state index contributed by atoms with van der Waals surface area (Å²) < 4.78 is 15.5. The van der Waals surface area contributed by atoms with Crippen LogP contribution in [0.25, 0.3) is 0 Å². The molecule has 0 bridgehead atoms. The molecule has 0 aliphatic rings. The maximum Gasteiger partial charge on any atom is 0.254 e. The molecule has 2 aromatic carbocycles. The zero-order valence-corrected chi connectivity index (χ0v) is 13.5. The van der Waals surface area contributed by atoms with E-state index >= 15 is 0 Å². The second-order valence-corrected chi connectivity index (χ2v) is 5.76. The topological polar surface area (TPSA) is 46.9 Å². The van der Waals surface area contributed by atoms with E-state index in [1.807, 2.05) is 41.2 Å². The van der Waals surface area contributed by atoms with Crippen molar-refractivity contribution < 1.29 is 9.18 Å². The second kappa shape index (κ2) is 7.27. The summed E-state index contributed by atoms with van der Waals surface area (Å²) in [5.74, 6) is -1.08. The monoisotopic (exact) mass is 343 g/mol. The first-order chi connectivity index (χ1) is 11.6. The molecule has 24 heavy (non-hydrogen) atoms. The Kier molecular flexibility index (Phi) is 4.91. The molecule has 0 atom stereocenters. The summed E-state index contributed by atoms with van der Waals surface area (Å²) >= 11 is 5.80. The minimum absolute atomic E-state index is 0.0576. The first-order valence-corrected chi connectivity index (χ1v) is 7.78. The van der Waals surface area contributed by atoms with Gasteiger partial charge in [-0.3, -0.25) is 9.48 Å². The highest BCUT2D eigenvalue weighted by molar-refractivity contribution is 6.31. The number of amides is 1. The Labute approximate surface area is 143 Å². The summed E-state index contributed by atoms with van der Waals surface area (Å²) in [7, 11) is 0. The van der Waals surface area contributed by atoms with Crippen molar-refractivity contribution in [2.45, 2.75) is 13.1 Å². The van der Waals surface area contributed by atoms with E-state index in [2.05, 4.69) is 10.4 Å². The van der Waals surface area contributed by atoms with Crippen molar-refractivity contribution in [3.8, 4) is 0 Å². The third kappa shape index (κ3) is 4.00. The lowest BCUT2D eigenvalue weighted by Gasteiger charge is -2.08. The van der Waals surface area contributed by atoms with Crippen LogP contribution in [0.2, 0.25) is 5.02 Å². The molecule has 0 aliphatic heterocycles. The first-order valence-electron chi connectivity index (χ1n) is 7.40. The zero-order valence-electron chi connectivity index (χ0n) is 12.7. The number of nitrogens with one attached hydrogen (secondary N) is 1. The molecule has 122 valence electrons. The molecule has 0 saturated carbocycles. The van der Waals surface area contributed by atoms with Crippen molar-refractivity contribution in [3.63, 3.8) is 0 Å². The van der Waals surface area contributed by atoms with Gasteiger partial charge in [-0.1, -0.05) is 35.9 Å². The zero-order chi connectivity index (χ0) is 16.9. The number of hydrogen-bond acceptors (Lipinski definition) is 2. The third-order valence-electron chi connectivity index (χ3n) is 3.55. The van der Waals surface area contributed by atoms with Crippen LogP contribution >= 0.6 is 11.6 Å². The standard InChI is InChI=1S/C18H15ClFN3O/c19-15-6-7-17(20)16(10-15)18(24)21-11-13-2-4-14(5-3-13)12-23-9-1-8-22-23/h1-10H,11-12H2,(H,21,24). The molecule has 0 fully saturated rings. The minimum Gasteiger partial charge on any atom is -0.348 e. The van der Waals surface area contributed by atoms with E-state index in [4.69, 9.17) is 11.6 Å². The van der Waals surface area contributed by atoms with Gasteiger partial charge in [0.1, 0.15) is 5.82 Å². The summed E-state index contributed by atoms with van der Waals surface area (Å²) in [5.41, 5.74) is 1.97. The third-order valence-corrected chi connectivity index (χ3v) is 3.79. The number of nitrogens with zero attached hydrogens (tertiary/aromatic N) is 2. The van der Waals surface area contributed by atoms with Gasteiger partial charge in [0.25, 0.3) is 5.91 Å². The minimum atomic E-state index is -0.591. The highest BCUT2D eigenvalue weighted by Gasteiger charge is 2.11. The lowest BCUT2D eigenvalue weighted by Crippen LogP contribution is -2.23. The number of carbonyl (C=O) groups excluding carboxylic acids is 1. The Morgan fingerprint density at radius 3 is 2.62 bits per heavy atom. The number of halogens is 2. The summed E-state index contributed by atoms with van der Waals surface area (Å²) in [6.45, 7) is 1.00. The summed E-state index contributed by atoms with van der Waals surface area (Å²) in [6, 6.07) is 13.6. The molecule has 0 spiro atoms. The SMILES string of the molecule is O=C(NCc1ccc(Cn2cccn2)cc1)c1cc(Cl)ccc1F. The molecule has 1 amide bonds. The predicted octanol–water partition coefficient (Wildman–Crippen LogP) is 3.65. The van der Waals surface area contributed by atoms with Crippen LogP contribution in [0, 0.1) is 5.82 Å². The van der Waals surface area contributed by atoms with Gasteiger partial charge in [-0.25, -0.2) is 4.39 Å². The number of aromatic nitrogens is 2. The smallest absolute Gasteiger partial charge is 0.254 e. The Morgan fingerprint density at radius 1 is 1.17 bits per heavy atom. The van der Waals surface area contributed by atoms with Crippen LogP contribution in [0.15, 0.2) is 60.9 Å². The molecule has 0 unspecified atom stereocenters. The number of hydrogen-bond donors (Lipinski definition) is 1. The molecule has 6 heteroatoms. The van der Waals surface area contributed by atoms with Crippen molar-refractivity contribution >= 4 is 17.5 Å². The van der Waals surface area contributed by atoms with Crippen LogP contribution in [0.4, 0.5) is 4.39 Å². The molecule has 1 aromatic heterocycles. The van der Waals surface area contributed by atoms with Gasteiger partial charge in [0.2, 0.25) is 0 Å². The quantitative estimate of drug-likeness (QED) is 0.768. The fourth-order valence-electron chi connectivity index (χ4n) is 2.29. The van der Waals surface area contributed by atoms with Crippen LogP contribution in [0.5, 0.6) is 0 Å². The Balaban J connectivity index is 1.60. The highest BCUT2D eigenvalue weighted by Crippen LogP contribution is 2.15. The molecule has 1 N–H and O–H groups in total. The van der Waals surface area contributed by atoms with Gasteiger partial charge < -0.3 is 5.32 Å². The van der Waals surface area contributed by atoms with E-state index in [0.717, 1.165) is 11.1 Å². The number of benzene rings is 2. The molecule has 3 rings (SSSR count). The van der Waals surface area contributed by atoms with E-state index in [1.165, 1.54) is 18.2 Å². The van der Waals surface area contributed by atoms with Gasteiger partial charge in [0, 0.05) is 24.0 Å². The first kappa shape index (κ1) is 16.2. The Hall–Kier alpha value is -2.66. The lowest BCUT2D eigenvalue weighted by atomic mass is 10.1. The van der Waals surface area contributed by atoms with Crippen molar-refractivity contribution in [1.82, 2.24) is 15.1 Å². The Bertz CT molecular complexity index is 832. The van der Waals surface area contributed by atoms with Gasteiger partial charge in [-0.15, -0.1) is 0 Å². The van der Waals surface area contributed by atoms with Crippen molar-refractivity contribution in [1.29, 1.82) is 0 Å². The van der Waals surface area contributed by atoms with Gasteiger partial charge >= 0.3 is 0 Å². The average Bonchev–Trinajstić information content (AvgIpc) is 3.09. The molecule has 0 radical (unpaired) electrons. The highest BCUT2D eigenvalue weighted by atomic mass is 35.5. The van der Waals surface area contributed by atoms with Crippen LogP contribution in [-0.4, -0.2) is 15.7 Å². The summed E-state index contributed by atoms with van der Waals surface area (Å²) in [4.78, 5) is 12.0. The molecule has 0 aliphatic carbocycles. The van der Waals surface area contributed by atoms with Crippen molar-refractivity contribution in [3.05, 3.63) is 88.5 Å². The average molecular weight is 344 g/mol. The van der Waals surface area contributed by atoms with Crippen molar-refractivity contribution in [2.75, 3.05) is 0 Å².